The Hall–Kier alpha value is 0.167. The van der Waals surface area contributed by atoms with Crippen molar-refractivity contribution in [2.24, 2.45) is 0 Å². The molecule has 0 aliphatic heterocycles. The van der Waals surface area contributed by atoms with Gasteiger partial charge in [0.2, 0.25) is 0 Å². The first-order valence-electron chi connectivity index (χ1n) is 5.61. The molecule has 0 rings (SSSR count). The molecule has 0 saturated heterocycles. The molecular weight excluding hydrogens is 272 g/mol. The molecule has 0 N–H and O–H groups in total. The Balaban J connectivity index is 3.59. The Morgan fingerprint density at radius 2 is 1.87 bits per heavy atom. The smallest absolute Gasteiger partial charge is 0.322 e. The number of carbonyl (C=O) groups is 1. The summed E-state index contributed by atoms with van der Waals surface area (Å²) < 4.78 is 4.63. The normalized spacial score (nSPS) is 11.9. The summed E-state index contributed by atoms with van der Waals surface area (Å²) in [6.07, 6.45) is 1.02. The Kier molecular flexibility index (Phi) is 7.52. The van der Waals surface area contributed by atoms with Crippen LogP contribution in [0, 0.1) is 0 Å². The number of hydrogen-bond donors (Lipinski definition) is 0. The number of ether oxygens (including phenoxy) is 1. The lowest BCUT2D eigenvalue weighted by Gasteiger charge is -2.15. The first kappa shape index (κ1) is 15.2. The number of alkyl halides is 1. The van der Waals surface area contributed by atoms with Crippen molar-refractivity contribution in [1.82, 2.24) is 0 Å². The monoisotopic (exact) mass is 293 g/mol. The van der Waals surface area contributed by atoms with Crippen LogP contribution in [0.15, 0.2) is 0 Å². The van der Waals surface area contributed by atoms with Crippen molar-refractivity contribution in [2.45, 2.75) is 56.6 Å². The summed E-state index contributed by atoms with van der Waals surface area (Å²) >= 11 is 3.28. The summed E-state index contributed by atoms with van der Waals surface area (Å²) in [5.74, 6) is -0.163. The maximum absolute atomic E-state index is 11.4. The summed E-state index contributed by atoms with van der Waals surface area (Å²) in [4.78, 5) is 11.4. The van der Waals surface area contributed by atoms with Gasteiger partial charge in [-0.1, -0.05) is 47.9 Å². The van der Waals surface area contributed by atoms with Crippen molar-refractivity contribution in [1.29, 1.82) is 0 Å². The molecule has 0 fully saturated rings. The lowest BCUT2D eigenvalue weighted by atomic mass is 10.2. The zero-order chi connectivity index (χ0) is 11.9. The fourth-order valence-electron chi connectivity index (χ4n) is 1.26. The van der Waals surface area contributed by atoms with Crippen molar-refractivity contribution < 1.29 is 9.53 Å². The van der Waals surface area contributed by atoms with Gasteiger partial charge in [-0.15, -0.1) is 0 Å². The molecule has 0 aromatic carbocycles. The van der Waals surface area contributed by atoms with Crippen molar-refractivity contribution in [3.8, 4) is 0 Å². The van der Waals surface area contributed by atoms with Crippen LogP contribution in [0.2, 0.25) is 18.1 Å². The number of hydrogen-bond acceptors (Lipinski definition) is 2. The van der Waals surface area contributed by atoms with Gasteiger partial charge in [-0.2, -0.15) is 0 Å². The van der Waals surface area contributed by atoms with E-state index in [4.69, 9.17) is 4.74 Å². The minimum atomic E-state index is -0.545. The molecule has 15 heavy (non-hydrogen) atoms. The maximum Gasteiger partial charge on any atom is 0.322 e. The predicted octanol–water partition coefficient (Wildman–Crippen LogP) is 3.63. The average Bonchev–Trinajstić information content (AvgIpc) is 2.16. The molecule has 0 aromatic heterocycles. The second-order valence-corrected chi connectivity index (χ2v) is 9.57. The van der Waals surface area contributed by atoms with Crippen molar-refractivity contribution in [3.05, 3.63) is 0 Å². The highest BCUT2D eigenvalue weighted by atomic mass is 79.9. The number of esters is 1. The third-order valence-corrected chi connectivity index (χ3v) is 5.78. The first-order valence-corrected chi connectivity index (χ1v) is 8.53. The van der Waals surface area contributed by atoms with Crippen LogP contribution in [-0.2, 0) is 9.53 Å². The van der Waals surface area contributed by atoms with Crippen LogP contribution in [0.5, 0.6) is 0 Å². The van der Waals surface area contributed by atoms with E-state index in [2.05, 4.69) is 29.8 Å². The zero-order valence-corrected chi connectivity index (χ0v) is 12.8. The van der Waals surface area contributed by atoms with Gasteiger partial charge >= 0.3 is 5.97 Å². The van der Waals surface area contributed by atoms with Crippen LogP contribution in [0.4, 0.5) is 0 Å². The van der Waals surface area contributed by atoms with E-state index in [0.29, 0.717) is 6.61 Å². The molecule has 0 aliphatic rings. The molecule has 2 nitrogen and oxygen atoms in total. The quantitative estimate of drug-likeness (QED) is 0.310. The van der Waals surface area contributed by atoms with Crippen molar-refractivity contribution in [2.75, 3.05) is 6.61 Å². The van der Waals surface area contributed by atoms with E-state index in [-0.39, 0.29) is 14.8 Å². The second-order valence-electron chi connectivity index (χ2n) is 4.17. The number of halogens is 1. The van der Waals surface area contributed by atoms with Crippen LogP contribution < -0.4 is 0 Å². The van der Waals surface area contributed by atoms with Gasteiger partial charge in [0.25, 0.3) is 0 Å². The fraction of sp³-hybridized carbons (Fsp3) is 0.909. The molecule has 0 aromatic rings. The van der Waals surface area contributed by atoms with E-state index in [1.807, 2.05) is 13.8 Å². The van der Waals surface area contributed by atoms with Crippen LogP contribution in [-0.4, -0.2) is 25.7 Å². The Bertz CT molecular complexity index is 186. The van der Waals surface area contributed by atoms with Crippen molar-refractivity contribution >= 4 is 30.7 Å². The summed E-state index contributed by atoms with van der Waals surface area (Å²) in [6, 6.07) is 3.89. The van der Waals surface area contributed by atoms with Gasteiger partial charge in [-0.3, -0.25) is 4.79 Å². The van der Waals surface area contributed by atoms with Crippen molar-refractivity contribution in [3.63, 3.8) is 0 Å². The Morgan fingerprint density at radius 1 is 1.33 bits per heavy atom. The lowest BCUT2D eigenvalue weighted by molar-refractivity contribution is -0.145. The van der Waals surface area contributed by atoms with E-state index >= 15 is 0 Å². The Morgan fingerprint density at radius 3 is 2.27 bits per heavy atom. The lowest BCUT2D eigenvalue weighted by Crippen LogP contribution is -2.27. The molecule has 0 spiro atoms. The summed E-state index contributed by atoms with van der Waals surface area (Å²) in [5, 5.41) is 0. The van der Waals surface area contributed by atoms with Gasteiger partial charge in [0.15, 0.2) is 0 Å². The largest absolute Gasteiger partial charge is 0.465 e. The minimum Gasteiger partial charge on any atom is -0.465 e. The molecule has 0 aliphatic carbocycles. The summed E-state index contributed by atoms with van der Waals surface area (Å²) in [5.41, 5.74) is 0. The van der Waals surface area contributed by atoms with Crippen LogP contribution >= 0.6 is 15.9 Å². The highest BCUT2D eigenvalue weighted by Crippen LogP contribution is 2.17. The highest BCUT2D eigenvalue weighted by Gasteiger charge is 2.25. The van der Waals surface area contributed by atoms with Gasteiger partial charge in [0, 0.05) is 8.80 Å². The first-order chi connectivity index (χ1) is 6.91. The van der Waals surface area contributed by atoms with Crippen LogP contribution in [0.1, 0.15) is 34.1 Å². The fourth-order valence-corrected chi connectivity index (χ4v) is 3.23. The molecule has 0 saturated carbocycles. The molecule has 0 bridgehead atoms. The van der Waals surface area contributed by atoms with Crippen LogP contribution in [0.25, 0.3) is 0 Å². The number of rotatable bonds is 7. The van der Waals surface area contributed by atoms with E-state index in [9.17, 15) is 4.79 Å². The topological polar surface area (TPSA) is 26.3 Å². The SMILES string of the molecule is CC[Si](CC)CCCOC(=O)C(C)(C)Br. The molecule has 0 atom stereocenters. The minimum absolute atomic E-state index is 0.159. The molecule has 1 radical (unpaired) electrons. The third kappa shape index (κ3) is 7.12. The summed E-state index contributed by atoms with van der Waals surface area (Å²) in [7, 11) is -0.159. The zero-order valence-electron chi connectivity index (χ0n) is 10.2. The Labute approximate surface area is 104 Å². The van der Waals surface area contributed by atoms with E-state index in [0.717, 1.165) is 6.42 Å². The molecule has 0 unspecified atom stereocenters. The van der Waals surface area contributed by atoms with Gasteiger partial charge in [0.1, 0.15) is 4.32 Å². The standard InChI is InChI=1S/C11H22BrO2Si/c1-5-15(6-2)9-7-8-14-10(13)11(3,4)12/h5-9H2,1-4H3. The molecule has 4 heteroatoms. The molecule has 89 valence electrons. The maximum atomic E-state index is 11.4. The summed E-state index contributed by atoms with van der Waals surface area (Å²) in [6.45, 7) is 8.70. The molecule has 0 amide bonds. The second kappa shape index (κ2) is 7.44. The predicted molar refractivity (Wildman–Crippen MR) is 70.1 cm³/mol. The average molecular weight is 294 g/mol. The van der Waals surface area contributed by atoms with Gasteiger partial charge in [-0.25, -0.2) is 0 Å². The number of carbonyl (C=O) groups excluding carboxylic acids is 1. The van der Waals surface area contributed by atoms with Gasteiger partial charge in [0.05, 0.1) is 6.61 Å². The van der Waals surface area contributed by atoms with E-state index in [1.165, 1.54) is 18.1 Å². The molecule has 0 heterocycles. The van der Waals surface area contributed by atoms with Gasteiger partial charge < -0.3 is 4.74 Å². The van der Waals surface area contributed by atoms with Gasteiger partial charge in [-0.05, 0) is 20.3 Å². The highest BCUT2D eigenvalue weighted by molar-refractivity contribution is 9.10. The van der Waals surface area contributed by atoms with E-state index < -0.39 is 4.32 Å². The third-order valence-electron chi connectivity index (χ3n) is 2.39. The van der Waals surface area contributed by atoms with E-state index in [1.54, 1.807) is 0 Å². The molecular formula is C11H22BrO2Si. The van der Waals surface area contributed by atoms with Crippen LogP contribution in [0.3, 0.4) is 0 Å².